The van der Waals surface area contributed by atoms with Gasteiger partial charge in [-0.25, -0.2) is 17.9 Å². The number of amides is 2. The fourth-order valence-corrected chi connectivity index (χ4v) is 2.62. The number of urea groups is 1. The molecular weight excluding hydrogens is 311 g/mol. The van der Waals surface area contributed by atoms with Crippen LogP contribution in [-0.2, 0) is 10.0 Å². The van der Waals surface area contributed by atoms with Gasteiger partial charge in [0, 0.05) is 10.7 Å². The molecule has 0 aromatic heterocycles. The number of nitrogens with one attached hydrogen (secondary N) is 2. The molecule has 0 saturated heterocycles. The smallest absolute Gasteiger partial charge is 0.307 e. The number of aryl methyl sites for hydroxylation is 1. The lowest BCUT2D eigenvalue weighted by molar-refractivity contribution is 0.256. The van der Waals surface area contributed by atoms with Crippen LogP contribution in [0, 0.1) is 6.92 Å². The predicted octanol–water partition coefficient (Wildman–Crippen LogP) is 3.16. The van der Waals surface area contributed by atoms with Crippen LogP contribution in [-0.4, -0.2) is 14.4 Å². The Morgan fingerprint density at radius 3 is 2.14 bits per heavy atom. The Morgan fingerprint density at radius 1 is 1.00 bits per heavy atom. The van der Waals surface area contributed by atoms with Crippen molar-refractivity contribution in [2.45, 2.75) is 11.8 Å². The second-order valence-corrected chi connectivity index (χ2v) is 6.50. The maximum absolute atomic E-state index is 12.0. The summed E-state index contributed by atoms with van der Waals surface area (Å²) < 4.78 is 26.0. The van der Waals surface area contributed by atoms with Gasteiger partial charge < -0.3 is 5.32 Å². The molecule has 0 radical (unpaired) electrons. The quantitative estimate of drug-likeness (QED) is 0.911. The molecule has 7 heteroatoms. The molecule has 2 aromatic rings. The van der Waals surface area contributed by atoms with Gasteiger partial charge in [0.2, 0.25) is 0 Å². The summed E-state index contributed by atoms with van der Waals surface area (Å²) in [5.74, 6) is 0. The van der Waals surface area contributed by atoms with Gasteiger partial charge in [-0.1, -0.05) is 29.3 Å². The van der Waals surface area contributed by atoms with Gasteiger partial charge in [-0.2, -0.15) is 0 Å². The lowest BCUT2D eigenvalue weighted by atomic mass is 10.2. The van der Waals surface area contributed by atoms with Gasteiger partial charge in [0.15, 0.2) is 0 Å². The van der Waals surface area contributed by atoms with Crippen molar-refractivity contribution < 1.29 is 13.2 Å². The Kier molecular flexibility index (Phi) is 4.50. The number of benzene rings is 2. The minimum Gasteiger partial charge on any atom is -0.307 e. The van der Waals surface area contributed by atoms with Crippen LogP contribution >= 0.6 is 11.6 Å². The zero-order valence-corrected chi connectivity index (χ0v) is 12.7. The third-order valence-electron chi connectivity index (χ3n) is 2.66. The Morgan fingerprint density at radius 2 is 1.57 bits per heavy atom. The SMILES string of the molecule is Cc1ccc(S(=O)(=O)N[11C](=O)Nc2ccc(Cl)cc2)cc1. The van der Waals surface area contributed by atoms with Gasteiger partial charge in [0.05, 0.1) is 4.90 Å². The molecule has 0 fully saturated rings. The van der Waals surface area contributed by atoms with Gasteiger partial charge in [-0.15, -0.1) is 0 Å². The Hall–Kier alpha value is -2.05. The first-order valence-corrected chi connectivity index (χ1v) is 7.89. The van der Waals surface area contributed by atoms with E-state index in [0.717, 1.165) is 5.56 Å². The van der Waals surface area contributed by atoms with E-state index in [1.165, 1.54) is 12.1 Å². The van der Waals surface area contributed by atoms with E-state index in [4.69, 9.17) is 11.6 Å². The molecule has 2 N–H and O–H groups in total. The molecule has 0 heterocycles. The average Bonchev–Trinajstić information content (AvgIpc) is 2.41. The summed E-state index contributed by atoms with van der Waals surface area (Å²) in [7, 11) is -3.89. The maximum Gasteiger partial charge on any atom is 0.333 e. The lowest BCUT2D eigenvalue weighted by Crippen LogP contribution is -2.34. The van der Waals surface area contributed by atoms with E-state index in [9.17, 15) is 13.2 Å². The fraction of sp³-hybridized carbons (Fsp3) is 0.0714. The first-order valence-electron chi connectivity index (χ1n) is 6.03. The molecule has 0 aliphatic rings. The largest absolute Gasteiger partial charge is 0.333 e. The minimum atomic E-state index is -3.89. The standard InChI is InChI=1S/C14H13ClN2O3S/c1-10-2-8-13(9-3-10)21(19,20)17-14(18)16-12-6-4-11(15)5-7-12/h2-9H,1H3,(H2,16,17,18)/i14-1. The van der Waals surface area contributed by atoms with Gasteiger partial charge in [0.1, 0.15) is 0 Å². The van der Waals surface area contributed by atoms with Crippen molar-refractivity contribution in [3.63, 3.8) is 0 Å². The van der Waals surface area contributed by atoms with Crippen LogP contribution in [0.1, 0.15) is 5.56 Å². The number of hydrogen-bond acceptors (Lipinski definition) is 3. The third-order valence-corrected chi connectivity index (χ3v) is 4.26. The van der Waals surface area contributed by atoms with Crippen molar-refractivity contribution in [3.05, 3.63) is 59.1 Å². The van der Waals surface area contributed by atoms with Crippen molar-refractivity contribution in [2.75, 3.05) is 5.32 Å². The van der Waals surface area contributed by atoms with E-state index in [0.29, 0.717) is 10.7 Å². The van der Waals surface area contributed by atoms with Crippen molar-refractivity contribution in [2.24, 2.45) is 0 Å². The fourth-order valence-electron chi connectivity index (χ4n) is 1.59. The lowest BCUT2D eigenvalue weighted by Gasteiger charge is -2.09. The molecule has 0 bridgehead atoms. The van der Waals surface area contributed by atoms with Crippen LogP contribution in [0.25, 0.3) is 0 Å². The normalized spacial score (nSPS) is 11.0. The maximum atomic E-state index is 12.0. The Bertz CT molecular complexity index is 741. The molecule has 2 rings (SSSR count). The number of rotatable bonds is 3. The molecule has 2 amide bonds. The molecule has 21 heavy (non-hydrogen) atoms. The highest BCUT2D eigenvalue weighted by molar-refractivity contribution is 7.90. The van der Waals surface area contributed by atoms with E-state index in [2.05, 4.69) is 5.32 Å². The van der Waals surface area contributed by atoms with Crippen LogP contribution in [0.3, 0.4) is 0 Å². The van der Waals surface area contributed by atoms with E-state index < -0.39 is 16.1 Å². The van der Waals surface area contributed by atoms with Gasteiger partial charge in [-0.05, 0) is 43.3 Å². The molecule has 2 aromatic carbocycles. The van der Waals surface area contributed by atoms with Gasteiger partial charge in [-0.3, -0.25) is 0 Å². The summed E-state index contributed by atoms with van der Waals surface area (Å²) >= 11 is 5.72. The summed E-state index contributed by atoms with van der Waals surface area (Å²) in [4.78, 5) is 11.7. The topological polar surface area (TPSA) is 75.3 Å². The monoisotopic (exact) mass is 323 g/mol. The molecule has 0 aliphatic heterocycles. The van der Waals surface area contributed by atoms with Crippen molar-refractivity contribution >= 4 is 33.3 Å². The summed E-state index contributed by atoms with van der Waals surface area (Å²) in [6.07, 6.45) is 0. The number of halogens is 1. The second-order valence-electron chi connectivity index (χ2n) is 4.38. The average molecular weight is 324 g/mol. The molecule has 0 unspecified atom stereocenters. The number of carbonyl (C=O) groups is 1. The van der Waals surface area contributed by atoms with E-state index in [-0.39, 0.29) is 4.90 Å². The zero-order chi connectivity index (χ0) is 15.5. The van der Waals surface area contributed by atoms with E-state index >= 15 is 0 Å². The van der Waals surface area contributed by atoms with Crippen LogP contribution in [0.2, 0.25) is 5.02 Å². The molecular formula is C14H13ClN2O3S. The highest BCUT2D eigenvalue weighted by Gasteiger charge is 2.17. The zero-order valence-electron chi connectivity index (χ0n) is 11.1. The number of carbonyl (C=O) groups excluding carboxylic acids is 1. The number of anilines is 1. The van der Waals surface area contributed by atoms with Crippen molar-refractivity contribution in [3.8, 4) is 0 Å². The van der Waals surface area contributed by atoms with Crippen LogP contribution in [0.4, 0.5) is 10.5 Å². The Balaban J connectivity index is 2.07. The van der Waals surface area contributed by atoms with Crippen molar-refractivity contribution in [1.29, 1.82) is 0 Å². The second kappa shape index (κ2) is 6.15. The molecule has 5 nitrogen and oxygen atoms in total. The van der Waals surface area contributed by atoms with Crippen LogP contribution in [0.15, 0.2) is 53.4 Å². The van der Waals surface area contributed by atoms with Gasteiger partial charge in [0.25, 0.3) is 10.0 Å². The van der Waals surface area contributed by atoms with E-state index in [1.54, 1.807) is 36.4 Å². The highest BCUT2D eigenvalue weighted by Crippen LogP contribution is 2.14. The van der Waals surface area contributed by atoms with Gasteiger partial charge >= 0.3 is 6.03 Å². The van der Waals surface area contributed by atoms with E-state index in [1.807, 2.05) is 11.6 Å². The molecule has 0 saturated carbocycles. The molecule has 0 aliphatic carbocycles. The summed E-state index contributed by atoms with van der Waals surface area (Å²) in [5, 5.41) is 2.94. The first-order chi connectivity index (χ1) is 9.87. The minimum absolute atomic E-state index is 0.0272. The van der Waals surface area contributed by atoms with Crippen molar-refractivity contribution in [1.82, 2.24) is 4.72 Å². The summed E-state index contributed by atoms with van der Waals surface area (Å²) in [5.41, 5.74) is 1.37. The summed E-state index contributed by atoms with van der Waals surface area (Å²) in [6.45, 7) is 1.84. The molecule has 0 atom stereocenters. The first kappa shape index (κ1) is 15.3. The summed E-state index contributed by atoms with van der Waals surface area (Å²) in [6, 6.07) is 11.7. The number of hydrogen-bond donors (Lipinski definition) is 2. The van der Waals surface area contributed by atoms with Crippen LogP contribution in [0.5, 0.6) is 0 Å². The van der Waals surface area contributed by atoms with Crippen LogP contribution < -0.4 is 10.0 Å². The molecule has 110 valence electrons. The number of sulfonamides is 1. The highest BCUT2D eigenvalue weighted by atomic mass is 35.5. The Labute approximate surface area is 128 Å². The third kappa shape index (κ3) is 4.21. The predicted molar refractivity (Wildman–Crippen MR) is 82.0 cm³/mol. The molecule has 0 spiro atoms.